The normalized spacial score (nSPS) is 22.6. The van der Waals surface area contributed by atoms with Crippen LogP contribution in [-0.4, -0.2) is 17.6 Å². The molecule has 0 unspecified atom stereocenters. The molecule has 1 fully saturated rings. The number of hydrogen-bond acceptors (Lipinski definition) is 2. The number of benzene rings is 4. The van der Waals surface area contributed by atoms with E-state index in [0.29, 0.717) is 0 Å². The molecule has 0 heterocycles. The second-order valence-corrected chi connectivity index (χ2v) is 8.31. The number of nitrogens with one attached hydrogen (secondary N) is 1. The molecule has 2 atom stereocenters. The van der Waals surface area contributed by atoms with Gasteiger partial charge in [-0.1, -0.05) is 97.1 Å². The summed E-state index contributed by atoms with van der Waals surface area (Å²) in [5, 5.41) is 16.2. The highest BCUT2D eigenvalue weighted by atomic mass is 16.4. The van der Waals surface area contributed by atoms with Gasteiger partial charge in [-0.3, -0.25) is 4.79 Å². The van der Waals surface area contributed by atoms with E-state index in [-0.39, 0.29) is 17.8 Å². The molecule has 154 valence electrons. The molecule has 0 radical (unpaired) electrons. The Kier molecular flexibility index (Phi) is 5.17. The van der Waals surface area contributed by atoms with Crippen molar-refractivity contribution >= 4 is 22.4 Å². The largest absolute Gasteiger partial charge is 0.481 e. The van der Waals surface area contributed by atoms with E-state index < -0.39 is 11.9 Å². The molecule has 0 spiro atoms. The van der Waals surface area contributed by atoms with Crippen molar-refractivity contribution in [1.29, 1.82) is 0 Å². The molecule has 4 aromatic carbocycles. The predicted molar refractivity (Wildman–Crippen MR) is 125 cm³/mol. The second-order valence-electron chi connectivity index (χ2n) is 8.31. The fraction of sp³-hybridized carbons (Fsp3) is 0.179. The number of fused-ring (bicyclic) bond motifs is 1. The van der Waals surface area contributed by atoms with Gasteiger partial charge in [0.25, 0.3) is 0 Å². The number of hydrogen-bond donors (Lipinski definition) is 2. The van der Waals surface area contributed by atoms with Crippen LogP contribution in [0.3, 0.4) is 0 Å². The highest BCUT2D eigenvalue weighted by Crippen LogP contribution is 2.57. The number of carbonyl (C=O) groups is 1. The molecule has 0 bridgehead atoms. The van der Waals surface area contributed by atoms with Crippen molar-refractivity contribution < 1.29 is 9.90 Å². The Morgan fingerprint density at radius 1 is 0.710 bits per heavy atom. The Morgan fingerprint density at radius 3 is 1.87 bits per heavy atom. The van der Waals surface area contributed by atoms with Crippen LogP contribution in [-0.2, 0) is 4.79 Å². The molecule has 3 heteroatoms. The van der Waals surface area contributed by atoms with Crippen molar-refractivity contribution in [2.75, 3.05) is 11.9 Å². The number of carboxylic acid groups (broad SMARTS) is 1. The first-order valence-corrected chi connectivity index (χ1v) is 10.8. The Morgan fingerprint density at radius 2 is 1.26 bits per heavy atom. The predicted octanol–water partition coefficient (Wildman–Crippen LogP) is 6.15. The van der Waals surface area contributed by atoms with E-state index in [9.17, 15) is 9.90 Å². The quantitative estimate of drug-likeness (QED) is 0.403. The fourth-order valence-electron chi connectivity index (χ4n) is 5.26. The van der Waals surface area contributed by atoms with Gasteiger partial charge in [0.2, 0.25) is 0 Å². The van der Waals surface area contributed by atoms with E-state index in [4.69, 9.17) is 0 Å². The maximum Gasteiger partial charge on any atom is 0.307 e. The number of carboxylic acids is 1. The maximum absolute atomic E-state index is 12.3. The number of rotatable bonds is 6. The van der Waals surface area contributed by atoms with E-state index in [1.165, 1.54) is 10.8 Å². The van der Waals surface area contributed by atoms with Gasteiger partial charge in [0, 0.05) is 29.5 Å². The molecule has 0 saturated heterocycles. The molecule has 1 aliphatic rings. The van der Waals surface area contributed by atoms with E-state index in [0.717, 1.165) is 23.4 Å². The standard InChI is InChI=1S/C28H25NO2/c30-28(31)27-25(20-11-3-1-4-12-20)23(26(27)21-13-5-2-6-14-21)18-29-24-17-9-15-19-10-7-8-16-22(19)24/h1-17,23,25-27,29H,18H2,(H,30,31)/t23?,25-,26-,27?/m1/s1. The van der Waals surface area contributed by atoms with Gasteiger partial charge in [0.15, 0.2) is 0 Å². The summed E-state index contributed by atoms with van der Waals surface area (Å²) in [4.78, 5) is 12.3. The molecule has 3 nitrogen and oxygen atoms in total. The molecule has 0 aliphatic heterocycles. The smallest absolute Gasteiger partial charge is 0.307 e. The monoisotopic (exact) mass is 407 g/mol. The number of aliphatic carboxylic acids is 1. The third kappa shape index (κ3) is 3.57. The minimum Gasteiger partial charge on any atom is -0.481 e. The molecular formula is C28H25NO2. The maximum atomic E-state index is 12.3. The van der Waals surface area contributed by atoms with E-state index in [1.54, 1.807) is 0 Å². The minimum atomic E-state index is -0.718. The fourth-order valence-corrected chi connectivity index (χ4v) is 5.26. The molecule has 4 aromatic rings. The van der Waals surface area contributed by atoms with Crippen molar-refractivity contribution in [2.24, 2.45) is 11.8 Å². The van der Waals surface area contributed by atoms with Gasteiger partial charge in [-0.15, -0.1) is 0 Å². The van der Waals surface area contributed by atoms with Gasteiger partial charge in [-0.2, -0.15) is 0 Å². The Balaban J connectivity index is 1.50. The first-order valence-electron chi connectivity index (χ1n) is 10.8. The van der Waals surface area contributed by atoms with Crippen LogP contribution in [0.25, 0.3) is 10.8 Å². The first kappa shape index (κ1) is 19.4. The SMILES string of the molecule is O=C(O)C1[C@H](c2ccccc2)C(CNc2cccc3ccccc23)[C@H]1c1ccccc1. The van der Waals surface area contributed by atoms with Crippen molar-refractivity contribution in [3.63, 3.8) is 0 Å². The topological polar surface area (TPSA) is 49.3 Å². The van der Waals surface area contributed by atoms with Crippen LogP contribution in [0, 0.1) is 11.8 Å². The first-order chi connectivity index (χ1) is 15.2. The summed E-state index contributed by atoms with van der Waals surface area (Å²) < 4.78 is 0. The minimum absolute atomic E-state index is 0.0219. The zero-order valence-electron chi connectivity index (χ0n) is 17.2. The molecule has 5 rings (SSSR count). The summed E-state index contributed by atoms with van der Waals surface area (Å²) in [6.45, 7) is 0.719. The molecule has 1 saturated carbocycles. The summed E-state index contributed by atoms with van der Waals surface area (Å²) in [6.07, 6.45) is 0. The van der Waals surface area contributed by atoms with Gasteiger partial charge in [-0.05, 0) is 28.5 Å². The highest BCUT2D eigenvalue weighted by molar-refractivity contribution is 5.93. The Bertz CT molecular complexity index is 1140. The Labute approximate surface area is 182 Å². The van der Waals surface area contributed by atoms with Crippen molar-refractivity contribution in [1.82, 2.24) is 0 Å². The molecular weight excluding hydrogens is 382 g/mol. The van der Waals surface area contributed by atoms with Gasteiger partial charge >= 0.3 is 5.97 Å². The average Bonchev–Trinajstić information content (AvgIpc) is 2.80. The lowest BCUT2D eigenvalue weighted by Crippen LogP contribution is -2.50. The number of anilines is 1. The summed E-state index contributed by atoms with van der Waals surface area (Å²) in [6, 6.07) is 34.8. The van der Waals surface area contributed by atoms with Crippen LogP contribution in [0.2, 0.25) is 0 Å². The van der Waals surface area contributed by atoms with Crippen LogP contribution < -0.4 is 5.32 Å². The summed E-state index contributed by atoms with van der Waals surface area (Å²) >= 11 is 0. The lowest BCUT2D eigenvalue weighted by molar-refractivity contribution is -0.149. The molecule has 1 aliphatic carbocycles. The summed E-state index contributed by atoms with van der Waals surface area (Å²) in [7, 11) is 0. The second kappa shape index (κ2) is 8.27. The van der Waals surface area contributed by atoms with Gasteiger partial charge in [-0.25, -0.2) is 0 Å². The zero-order chi connectivity index (χ0) is 21.2. The van der Waals surface area contributed by atoms with Gasteiger partial charge in [0.1, 0.15) is 0 Å². The zero-order valence-corrected chi connectivity index (χ0v) is 17.2. The van der Waals surface area contributed by atoms with Gasteiger partial charge < -0.3 is 10.4 Å². The van der Waals surface area contributed by atoms with Crippen LogP contribution in [0.5, 0.6) is 0 Å². The molecule has 0 aromatic heterocycles. The van der Waals surface area contributed by atoms with Crippen molar-refractivity contribution in [2.45, 2.75) is 11.8 Å². The average molecular weight is 408 g/mol. The van der Waals surface area contributed by atoms with Crippen molar-refractivity contribution in [3.05, 3.63) is 114 Å². The van der Waals surface area contributed by atoms with Crippen LogP contribution in [0.4, 0.5) is 5.69 Å². The summed E-state index contributed by atoms with van der Waals surface area (Å²) in [5.41, 5.74) is 3.30. The van der Waals surface area contributed by atoms with E-state index in [2.05, 4.69) is 66.0 Å². The molecule has 31 heavy (non-hydrogen) atoms. The van der Waals surface area contributed by atoms with E-state index in [1.807, 2.05) is 42.5 Å². The summed E-state index contributed by atoms with van der Waals surface area (Å²) in [5.74, 6) is -1.00. The lowest BCUT2D eigenvalue weighted by Gasteiger charge is -2.51. The lowest BCUT2D eigenvalue weighted by atomic mass is 9.52. The molecule has 2 N–H and O–H groups in total. The van der Waals surface area contributed by atoms with Crippen LogP contribution in [0.1, 0.15) is 23.0 Å². The third-order valence-corrected chi connectivity index (χ3v) is 6.67. The Hall–Kier alpha value is -3.59. The highest BCUT2D eigenvalue weighted by Gasteiger charge is 2.54. The molecule has 0 amide bonds. The van der Waals surface area contributed by atoms with Crippen molar-refractivity contribution in [3.8, 4) is 0 Å². The van der Waals surface area contributed by atoms with E-state index >= 15 is 0 Å². The third-order valence-electron chi connectivity index (χ3n) is 6.67. The van der Waals surface area contributed by atoms with Crippen LogP contribution in [0.15, 0.2) is 103 Å². The van der Waals surface area contributed by atoms with Crippen LogP contribution >= 0.6 is 0 Å². The van der Waals surface area contributed by atoms with Gasteiger partial charge in [0.05, 0.1) is 5.92 Å².